The zero-order valence-electron chi connectivity index (χ0n) is 18.2. The maximum absolute atomic E-state index is 13.9. The summed E-state index contributed by atoms with van der Waals surface area (Å²) in [6, 6.07) is 4.50. The van der Waals surface area contributed by atoms with Gasteiger partial charge in [-0.1, -0.05) is 6.07 Å². The van der Waals surface area contributed by atoms with Gasteiger partial charge < -0.3 is 11.5 Å². The van der Waals surface area contributed by atoms with Crippen LogP contribution in [0.15, 0.2) is 28.3 Å². The number of thiophene rings is 1. The van der Waals surface area contributed by atoms with Crippen LogP contribution in [-0.4, -0.2) is 41.0 Å². The van der Waals surface area contributed by atoms with Gasteiger partial charge in [-0.15, -0.1) is 11.3 Å². The van der Waals surface area contributed by atoms with Crippen molar-refractivity contribution < 1.29 is 9.59 Å². The van der Waals surface area contributed by atoms with E-state index in [0.29, 0.717) is 41.3 Å². The Morgan fingerprint density at radius 1 is 1.45 bits per heavy atom. The quantitative estimate of drug-likeness (QED) is 0.457. The van der Waals surface area contributed by atoms with E-state index in [2.05, 4.69) is 33.1 Å². The number of guanidine groups is 1. The number of nitrogens with two attached hydrogens (primary N) is 2. The Morgan fingerprint density at radius 3 is 2.94 bits per heavy atom. The smallest absolute Gasteiger partial charge is 0.347 e. The highest BCUT2D eigenvalue weighted by Crippen LogP contribution is 2.50. The minimum atomic E-state index is -0.865. The number of hydrogen-bond acceptors (Lipinski definition) is 8. The first-order valence-corrected chi connectivity index (χ1v) is 11.3. The molecule has 4 rings (SSSR count). The molecule has 5 N–H and O–H groups in total. The van der Waals surface area contributed by atoms with Crippen LogP contribution in [-0.2, 0) is 16.6 Å². The van der Waals surface area contributed by atoms with Crippen LogP contribution in [0.25, 0.3) is 0 Å². The summed E-state index contributed by atoms with van der Waals surface area (Å²) in [5.74, 6) is 0.168. The summed E-state index contributed by atoms with van der Waals surface area (Å²) in [5.41, 5.74) is 13.0. The second kappa shape index (κ2) is 8.63. The molecular weight excluding hydrogens is 440 g/mol. The first-order chi connectivity index (χ1) is 15.8. The molecule has 1 aliphatic heterocycles. The Hall–Kier alpha value is -3.78. The average Bonchev–Trinajstić information content (AvgIpc) is 3.30. The van der Waals surface area contributed by atoms with E-state index >= 15 is 0 Å². The zero-order valence-corrected chi connectivity index (χ0v) is 19.0. The Bertz CT molecular complexity index is 1210. The second-order valence-electron chi connectivity index (χ2n) is 8.09. The SMILES string of the molecule is C=NC(=O)NC(=NC(C)c1cccnc1N)N1CCC2(CCCc3sc(N)c(C#N)c32)C1=O. The Balaban J connectivity index is 1.75. The topological polar surface area (TPSA) is 163 Å². The first-order valence-electron chi connectivity index (χ1n) is 10.5. The maximum Gasteiger partial charge on any atom is 0.347 e. The molecule has 0 aromatic carbocycles. The second-order valence-corrected chi connectivity index (χ2v) is 9.23. The molecule has 11 heteroatoms. The van der Waals surface area contributed by atoms with Gasteiger partial charge in [0.25, 0.3) is 0 Å². The highest BCUT2D eigenvalue weighted by atomic mass is 32.1. The lowest BCUT2D eigenvalue weighted by Gasteiger charge is -2.32. The summed E-state index contributed by atoms with van der Waals surface area (Å²) < 4.78 is 0. The summed E-state index contributed by atoms with van der Waals surface area (Å²) in [6.45, 7) is 5.37. The Morgan fingerprint density at radius 2 is 2.24 bits per heavy atom. The summed E-state index contributed by atoms with van der Waals surface area (Å²) >= 11 is 1.38. The number of amides is 3. The van der Waals surface area contributed by atoms with Crippen molar-refractivity contribution >= 4 is 46.8 Å². The molecule has 33 heavy (non-hydrogen) atoms. The van der Waals surface area contributed by atoms with Crippen LogP contribution in [0.4, 0.5) is 15.6 Å². The number of rotatable bonds is 2. The third-order valence-electron chi connectivity index (χ3n) is 6.28. The van der Waals surface area contributed by atoms with Gasteiger partial charge in [-0.25, -0.2) is 19.8 Å². The van der Waals surface area contributed by atoms with E-state index in [0.717, 1.165) is 23.3 Å². The van der Waals surface area contributed by atoms with E-state index in [9.17, 15) is 14.9 Å². The van der Waals surface area contributed by atoms with Crippen molar-refractivity contribution in [3.8, 4) is 6.07 Å². The summed E-state index contributed by atoms with van der Waals surface area (Å²) in [7, 11) is 0. The van der Waals surface area contributed by atoms with Crippen molar-refractivity contribution in [1.82, 2.24) is 15.2 Å². The van der Waals surface area contributed by atoms with Crippen molar-refractivity contribution in [2.24, 2.45) is 9.98 Å². The van der Waals surface area contributed by atoms with Crippen LogP contribution in [0.3, 0.4) is 0 Å². The molecule has 2 aliphatic rings. The number of nitrogens with zero attached hydrogens (tertiary/aromatic N) is 5. The molecule has 0 saturated carbocycles. The molecule has 3 amide bonds. The minimum Gasteiger partial charge on any atom is -0.389 e. The lowest BCUT2D eigenvalue weighted by molar-refractivity contribution is -0.129. The highest BCUT2D eigenvalue weighted by molar-refractivity contribution is 7.16. The lowest BCUT2D eigenvalue weighted by Crippen LogP contribution is -2.48. The number of aliphatic imine (C=N–C) groups is 2. The number of carbonyl (C=O) groups excluding carboxylic acids is 2. The van der Waals surface area contributed by atoms with Crippen molar-refractivity contribution in [2.75, 3.05) is 18.0 Å². The van der Waals surface area contributed by atoms with E-state index in [4.69, 9.17) is 11.5 Å². The molecule has 3 heterocycles. The average molecular weight is 465 g/mol. The van der Waals surface area contributed by atoms with Crippen molar-refractivity contribution in [3.05, 3.63) is 39.9 Å². The number of urea groups is 1. The fourth-order valence-corrected chi connectivity index (χ4v) is 5.90. The number of aryl methyl sites for hydroxylation is 1. The molecule has 1 spiro atoms. The van der Waals surface area contributed by atoms with Gasteiger partial charge in [0, 0.05) is 28.7 Å². The number of anilines is 2. The third kappa shape index (κ3) is 3.72. The minimum absolute atomic E-state index is 0.0684. The third-order valence-corrected chi connectivity index (χ3v) is 7.36. The van der Waals surface area contributed by atoms with Crippen LogP contribution < -0.4 is 16.8 Å². The Kier molecular flexibility index (Phi) is 5.86. The number of nitrogen functional groups attached to an aromatic ring is 2. The molecule has 1 saturated heterocycles. The number of fused-ring (bicyclic) bond motifs is 2. The molecule has 1 aliphatic carbocycles. The number of carbonyl (C=O) groups is 2. The number of aromatic nitrogens is 1. The normalized spacial score (nSPS) is 20.9. The molecule has 170 valence electrons. The Labute approximate surface area is 195 Å². The van der Waals surface area contributed by atoms with Crippen molar-refractivity contribution in [1.29, 1.82) is 5.26 Å². The molecule has 10 nitrogen and oxygen atoms in total. The monoisotopic (exact) mass is 464 g/mol. The van der Waals surface area contributed by atoms with Gasteiger partial charge in [0.1, 0.15) is 16.9 Å². The standard InChI is InChI=1S/C22H24N8O2S/c1-12(13-5-4-9-27-17(13)24)28-20(29-21(32)26-2)30-10-8-22(19(30)31)7-3-6-15-16(22)14(11-23)18(25)33-15/h4-5,9,12H,2-3,6-8,10,25H2,1H3,(H2,24,27)(H,28,29,32). The van der Waals surface area contributed by atoms with E-state index in [1.807, 2.05) is 0 Å². The van der Waals surface area contributed by atoms with Gasteiger partial charge in [-0.05, 0) is 45.4 Å². The van der Waals surface area contributed by atoms with Gasteiger partial charge in [0.05, 0.1) is 17.0 Å². The van der Waals surface area contributed by atoms with Crippen LogP contribution in [0, 0.1) is 11.3 Å². The van der Waals surface area contributed by atoms with Crippen LogP contribution >= 0.6 is 11.3 Å². The van der Waals surface area contributed by atoms with Gasteiger partial charge >= 0.3 is 6.03 Å². The van der Waals surface area contributed by atoms with Crippen LogP contribution in [0.2, 0.25) is 0 Å². The van der Waals surface area contributed by atoms with E-state index in [-0.39, 0.29) is 11.9 Å². The van der Waals surface area contributed by atoms with Crippen LogP contribution in [0.1, 0.15) is 53.8 Å². The van der Waals surface area contributed by atoms with E-state index in [1.54, 1.807) is 25.3 Å². The van der Waals surface area contributed by atoms with Gasteiger partial charge in [-0.2, -0.15) is 5.26 Å². The molecule has 0 bridgehead atoms. The fraction of sp³-hybridized carbons (Fsp3) is 0.364. The maximum atomic E-state index is 13.9. The summed E-state index contributed by atoms with van der Waals surface area (Å²) in [4.78, 5) is 40.5. The molecule has 1 fully saturated rings. The van der Waals surface area contributed by atoms with Gasteiger partial charge in [0.15, 0.2) is 0 Å². The predicted molar refractivity (Wildman–Crippen MR) is 127 cm³/mol. The largest absolute Gasteiger partial charge is 0.389 e. The van der Waals surface area contributed by atoms with Crippen LogP contribution in [0.5, 0.6) is 0 Å². The van der Waals surface area contributed by atoms with Crippen molar-refractivity contribution in [3.63, 3.8) is 0 Å². The molecule has 0 radical (unpaired) electrons. The molecular formula is C22H24N8O2S. The summed E-state index contributed by atoms with van der Waals surface area (Å²) in [6.07, 6.45) is 4.27. The number of nitriles is 1. The molecule has 2 atom stereocenters. The first kappa shape index (κ1) is 22.4. The summed E-state index contributed by atoms with van der Waals surface area (Å²) in [5, 5.41) is 12.7. The molecule has 2 aromatic heterocycles. The van der Waals surface area contributed by atoms with E-state index < -0.39 is 17.5 Å². The van der Waals surface area contributed by atoms with E-state index in [1.165, 1.54) is 16.2 Å². The number of hydrogen-bond donors (Lipinski definition) is 3. The lowest BCUT2D eigenvalue weighted by atomic mass is 9.70. The number of pyridine rings is 1. The number of nitrogens with one attached hydrogen (secondary N) is 1. The van der Waals surface area contributed by atoms with Gasteiger partial charge in [-0.3, -0.25) is 15.0 Å². The van der Waals surface area contributed by atoms with Crippen molar-refractivity contribution in [2.45, 2.75) is 44.1 Å². The fourth-order valence-electron chi connectivity index (χ4n) is 4.74. The predicted octanol–water partition coefficient (Wildman–Crippen LogP) is 2.51. The molecule has 2 unspecified atom stereocenters. The molecule has 2 aromatic rings. The van der Waals surface area contributed by atoms with Gasteiger partial charge in [0.2, 0.25) is 11.9 Å². The zero-order chi connectivity index (χ0) is 23.8. The number of likely N-dealkylation sites (tertiary alicyclic amines) is 1. The highest BCUT2D eigenvalue weighted by Gasteiger charge is 2.53.